The minimum absolute atomic E-state index is 0.113. The van der Waals surface area contributed by atoms with Gasteiger partial charge in [0.1, 0.15) is 0 Å². The predicted molar refractivity (Wildman–Crippen MR) is 71.3 cm³/mol. The van der Waals surface area contributed by atoms with Crippen LogP contribution in [-0.4, -0.2) is 49.8 Å². The lowest BCUT2D eigenvalue weighted by Crippen LogP contribution is -2.59. The van der Waals surface area contributed by atoms with Gasteiger partial charge >= 0.3 is 0 Å². The highest BCUT2D eigenvalue weighted by Gasteiger charge is 2.32. The van der Waals surface area contributed by atoms with Crippen molar-refractivity contribution in [3.63, 3.8) is 0 Å². The number of likely N-dealkylation sites (N-methyl/N-ethyl adjacent to an activating group) is 1. The van der Waals surface area contributed by atoms with Crippen LogP contribution < -0.4 is 5.32 Å². The Bertz CT molecular complexity index is 232. The van der Waals surface area contributed by atoms with Gasteiger partial charge in [-0.2, -0.15) is 0 Å². The van der Waals surface area contributed by atoms with Crippen molar-refractivity contribution in [2.45, 2.75) is 51.2 Å². The molecule has 3 nitrogen and oxygen atoms in total. The van der Waals surface area contributed by atoms with Gasteiger partial charge in [-0.25, -0.2) is 0 Å². The molecule has 1 aliphatic carbocycles. The summed E-state index contributed by atoms with van der Waals surface area (Å²) in [6.45, 7) is 8.56. The van der Waals surface area contributed by atoms with Crippen molar-refractivity contribution in [1.29, 1.82) is 0 Å². The van der Waals surface area contributed by atoms with E-state index in [9.17, 15) is 0 Å². The summed E-state index contributed by atoms with van der Waals surface area (Å²) in [4.78, 5) is 2.50. The van der Waals surface area contributed by atoms with E-state index in [-0.39, 0.29) is 5.60 Å². The van der Waals surface area contributed by atoms with E-state index in [1.807, 2.05) is 0 Å². The molecule has 1 N–H and O–H groups in total. The van der Waals surface area contributed by atoms with Gasteiger partial charge in [-0.1, -0.05) is 6.92 Å². The minimum atomic E-state index is 0.113. The first-order valence-electron chi connectivity index (χ1n) is 7.14. The summed E-state index contributed by atoms with van der Waals surface area (Å²) in [5, 5.41) is 3.27. The van der Waals surface area contributed by atoms with Gasteiger partial charge in [0.05, 0.1) is 12.2 Å². The number of nitrogens with one attached hydrogen (secondary N) is 1. The van der Waals surface area contributed by atoms with Crippen molar-refractivity contribution >= 4 is 0 Å². The maximum absolute atomic E-state index is 5.94. The number of hydrogen-bond acceptors (Lipinski definition) is 3. The number of nitrogens with zero attached hydrogens (tertiary/aromatic N) is 1. The molecule has 17 heavy (non-hydrogen) atoms. The van der Waals surface area contributed by atoms with Crippen LogP contribution in [0.4, 0.5) is 0 Å². The van der Waals surface area contributed by atoms with E-state index in [0.717, 1.165) is 38.2 Å². The minimum Gasteiger partial charge on any atom is -0.371 e. The van der Waals surface area contributed by atoms with E-state index in [2.05, 4.69) is 31.1 Å². The van der Waals surface area contributed by atoms with E-state index in [0.29, 0.717) is 0 Å². The SMILES string of the molecule is CC1CCC(N(C)CCOC2(C)CNC2)CC1. The Balaban J connectivity index is 1.61. The Labute approximate surface area is 106 Å². The molecule has 1 saturated heterocycles. The van der Waals surface area contributed by atoms with Crippen LogP contribution in [-0.2, 0) is 4.74 Å². The number of ether oxygens (including phenoxy) is 1. The molecule has 1 aliphatic heterocycles. The second-order valence-corrected chi connectivity index (χ2v) is 6.30. The molecule has 100 valence electrons. The van der Waals surface area contributed by atoms with E-state index < -0.39 is 0 Å². The molecule has 0 unspecified atom stereocenters. The average Bonchev–Trinajstić information content (AvgIpc) is 2.27. The zero-order valence-electron chi connectivity index (χ0n) is 11.7. The van der Waals surface area contributed by atoms with Crippen LogP contribution in [0, 0.1) is 5.92 Å². The first kappa shape index (κ1) is 13.3. The summed E-state index contributed by atoms with van der Waals surface area (Å²) in [6.07, 6.45) is 5.54. The fourth-order valence-corrected chi connectivity index (χ4v) is 2.88. The van der Waals surface area contributed by atoms with Crippen LogP contribution in [0.1, 0.15) is 39.5 Å². The predicted octanol–water partition coefficient (Wildman–Crippen LogP) is 1.88. The summed E-state index contributed by atoms with van der Waals surface area (Å²) in [7, 11) is 2.26. The van der Waals surface area contributed by atoms with Gasteiger partial charge in [-0.05, 0) is 45.6 Å². The maximum Gasteiger partial charge on any atom is 0.0902 e. The molecule has 2 rings (SSSR count). The summed E-state index contributed by atoms with van der Waals surface area (Å²) in [6, 6.07) is 0.794. The largest absolute Gasteiger partial charge is 0.371 e. The molecule has 0 aromatic carbocycles. The van der Waals surface area contributed by atoms with Gasteiger partial charge in [0.2, 0.25) is 0 Å². The second-order valence-electron chi connectivity index (χ2n) is 6.30. The monoisotopic (exact) mass is 240 g/mol. The smallest absolute Gasteiger partial charge is 0.0902 e. The molecule has 0 spiro atoms. The number of rotatable bonds is 5. The molecule has 0 atom stereocenters. The molecule has 0 radical (unpaired) electrons. The molecule has 0 bridgehead atoms. The highest BCUT2D eigenvalue weighted by molar-refractivity contribution is 4.90. The van der Waals surface area contributed by atoms with Crippen molar-refractivity contribution in [2.75, 3.05) is 33.3 Å². The van der Waals surface area contributed by atoms with Crippen molar-refractivity contribution in [1.82, 2.24) is 10.2 Å². The standard InChI is InChI=1S/C14H28N2O/c1-12-4-6-13(7-5-12)16(3)8-9-17-14(2)10-15-11-14/h12-13,15H,4-11H2,1-3H3. The Morgan fingerprint density at radius 3 is 2.41 bits per heavy atom. The summed E-state index contributed by atoms with van der Waals surface area (Å²) >= 11 is 0. The van der Waals surface area contributed by atoms with E-state index in [1.165, 1.54) is 25.7 Å². The van der Waals surface area contributed by atoms with Gasteiger partial charge in [0.25, 0.3) is 0 Å². The second kappa shape index (κ2) is 5.68. The lowest BCUT2D eigenvalue weighted by atomic mass is 9.87. The Morgan fingerprint density at radius 1 is 1.24 bits per heavy atom. The quantitative estimate of drug-likeness (QED) is 0.794. The van der Waals surface area contributed by atoms with Crippen LogP contribution in [0.5, 0.6) is 0 Å². The normalized spacial score (nSPS) is 32.5. The highest BCUT2D eigenvalue weighted by Crippen LogP contribution is 2.26. The first-order chi connectivity index (χ1) is 8.09. The molecular weight excluding hydrogens is 212 g/mol. The zero-order chi connectivity index (χ0) is 12.3. The molecule has 1 saturated carbocycles. The Kier molecular flexibility index (Phi) is 4.45. The third kappa shape index (κ3) is 3.67. The van der Waals surface area contributed by atoms with Crippen LogP contribution in [0.25, 0.3) is 0 Å². The Morgan fingerprint density at radius 2 is 1.88 bits per heavy atom. The zero-order valence-corrected chi connectivity index (χ0v) is 11.7. The lowest BCUT2D eigenvalue weighted by molar-refractivity contribution is -0.0736. The van der Waals surface area contributed by atoms with E-state index in [4.69, 9.17) is 4.74 Å². The maximum atomic E-state index is 5.94. The molecule has 1 heterocycles. The topological polar surface area (TPSA) is 24.5 Å². The summed E-state index contributed by atoms with van der Waals surface area (Å²) in [5.74, 6) is 0.941. The van der Waals surface area contributed by atoms with E-state index in [1.54, 1.807) is 0 Å². The van der Waals surface area contributed by atoms with Crippen LogP contribution >= 0.6 is 0 Å². The van der Waals surface area contributed by atoms with E-state index >= 15 is 0 Å². The third-order valence-corrected chi connectivity index (χ3v) is 4.50. The van der Waals surface area contributed by atoms with Crippen LogP contribution in [0.3, 0.4) is 0 Å². The molecule has 3 heteroatoms. The van der Waals surface area contributed by atoms with Crippen molar-refractivity contribution in [2.24, 2.45) is 5.92 Å². The highest BCUT2D eigenvalue weighted by atomic mass is 16.5. The van der Waals surface area contributed by atoms with Crippen LogP contribution in [0.15, 0.2) is 0 Å². The molecule has 0 aromatic heterocycles. The average molecular weight is 240 g/mol. The summed E-state index contributed by atoms with van der Waals surface area (Å²) in [5.41, 5.74) is 0.113. The summed E-state index contributed by atoms with van der Waals surface area (Å²) < 4.78 is 5.94. The fraction of sp³-hybridized carbons (Fsp3) is 1.00. The van der Waals surface area contributed by atoms with Crippen LogP contribution in [0.2, 0.25) is 0 Å². The number of hydrogen-bond donors (Lipinski definition) is 1. The lowest BCUT2D eigenvalue weighted by Gasteiger charge is -2.40. The molecule has 2 fully saturated rings. The van der Waals surface area contributed by atoms with Crippen molar-refractivity contribution in [3.05, 3.63) is 0 Å². The molecular formula is C14H28N2O. The van der Waals surface area contributed by atoms with Gasteiger partial charge in [0, 0.05) is 25.7 Å². The van der Waals surface area contributed by atoms with Gasteiger partial charge in [-0.15, -0.1) is 0 Å². The van der Waals surface area contributed by atoms with Crippen molar-refractivity contribution in [3.8, 4) is 0 Å². The molecule has 2 aliphatic rings. The van der Waals surface area contributed by atoms with Gasteiger partial charge in [0.15, 0.2) is 0 Å². The molecule has 0 aromatic rings. The van der Waals surface area contributed by atoms with Gasteiger partial charge in [-0.3, -0.25) is 0 Å². The van der Waals surface area contributed by atoms with Gasteiger partial charge < -0.3 is 15.0 Å². The molecule has 0 amide bonds. The Hall–Kier alpha value is -0.120. The first-order valence-corrected chi connectivity index (χ1v) is 7.14. The third-order valence-electron chi connectivity index (χ3n) is 4.50. The van der Waals surface area contributed by atoms with Crippen molar-refractivity contribution < 1.29 is 4.74 Å². The fourth-order valence-electron chi connectivity index (χ4n) is 2.88.